The first kappa shape index (κ1) is 9.53. The summed E-state index contributed by atoms with van der Waals surface area (Å²) >= 11 is 0. The molecular formula is C11H12N4. The van der Waals surface area contributed by atoms with E-state index < -0.39 is 0 Å². The third kappa shape index (κ3) is 1.91. The quantitative estimate of drug-likeness (QED) is 0.602. The monoisotopic (exact) mass is 200 g/mol. The number of anilines is 1. The number of hydrogen-bond donors (Lipinski definition) is 1. The predicted octanol–water partition coefficient (Wildman–Crippen LogP) is 1.47. The fourth-order valence-corrected chi connectivity index (χ4v) is 1.36. The molecule has 0 unspecified atom stereocenters. The zero-order valence-electron chi connectivity index (χ0n) is 8.57. The Hall–Kier alpha value is -2.02. The summed E-state index contributed by atoms with van der Waals surface area (Å²) in [4.78, 5) is 4.32. The van der Waals surface area contributed by atoms with Crippen molar-refractivity contribution in [1.29, 1.82) is 0 Å². The molecule has 0 aliphatic carbocycles. The van der Waals surface area contributed by atoms with Crippen molar-refractivity contribution in [1.82, 2.24) is 14.6 Å². The van der Waals surface area contributed by atoms with Crippen LogP contribution in [-0.2, 0) is 0 Å². The van der Waals surface area contributed by atoms with Crippen LogP contribution in [0.15, 0.2) is 18.2 Å². The van der Waals surface area contributed by atoms with E-state index >= 15 is 0 Å². The first-order chi connectivity index (χ1) is 7.31. The minimum atomic E-state index is 0.625. The number of rotatable bonds is 3. The number of aromatic nitrogens is 3. The number of nitrogens with one attached hydrogen (secondary N) is 1. The standard InChI is InChI=1S/C11H12N4/c1-3-4-8-12-11-13-10-7-5-6-9(2)15(10)14-11/h1,5-7H,4,8H2,2H3,(H,12,14). The lowest BCUT2D eigenvalue weighted by Crippen LogP contribution is -2.02. The van der Waals surface area contributed by atoms with Gasteiger partial charge in [0.05, 0.1) is 0 Å². The fraction of sp³-hybridized carbons (Fsp3) is 0.273. The molecule has 0 aromatic carbocycles. The van der Waals surface area contributed by atoms with Crippen LogP contribution in [0.1, 0.15) is 12.1 Å². The van der Waals surface area contributed by atoms with Crippen molar-refractivity contribution in [2.45, 2.75) is 13.3 Å². The number of aryl methyl sites for hydroxylation is 1. The summed E-state index contributed by atoms with van der Waals surface area (Å²) in [5.74, 6) is 3.18. The van der Waals surface area contributed by atoms with Gasteiger partial charge in [-0.1, -0.05) is 6.07 Å². The Labute approximate surface area is 88.3 Å². The number of pyridine rings is 1. The molecule has 0 aliphatic heterocycles. The minimum Gasteiger partial charge on any atom is -0.352 e. The van der Waals surface area contributed by atoms with Crippen molar-refractivity contribution in [3.05, 3.63) is 23.9 Å². The Bertz CT molecular complexity index is 507. The fourth-order valence-electron chi connectivity index (χ4n) is 1.36. The largest absolute Gasteiger partial charge is 0.352 e. The normalized spacial score (nSPS) is 10.1. The molecule has 2 aromatic heterocycles. The van der Waals surface area contributed by atoms with E-state index in [0.29, 0.717) is 18.9 Å². The number of nitrogens with zero attached hydrogens (tertiary/aromatic N) is 3. The molecule has 0 saturated heterocycles. The average molecular weight is 200 g/mol. The Morgan fingerprint density at radius 3 is 3.13 bits per heavy atom. The van der Waals surface area contributed by atoms with Gasteiger partial charge < -0.3 is 5.32 Å². The molecule has 0 atom stereocenters. The first-order valence-corrected chi connectivity index (χ1v) is 4.81. The van der Waals surface area contributed by atoms with Gasteiger partial charge >= 0.3 is 0 Å². The van der Waals surface area contributed by atoms with Crippen LogP contribution in [0.3, 0.4) is 0 Å². The van der Waals surface area contributed by atoms with E-state index in [4.69, 9.17) is 6.42 Å². The van der Waals surface area contributed by atoms with Crippen molar-refractivity contribution < 1.29 is 0 Å². The van der Waals surface area contributed by atoms with E-state index in [0.717, 1.165) is 11.3 Å². The Morgan fingerprint density at radius 1 is 1.53 bits per heavy atom. The highest BCUT2D eigenvalue weighted by Crippen LogP contribution is 2.07. The lowest BCUT2D eigenvalue weighted by atomic mass is 10.4. The van der Waals surface area contributed by atoms with Gasteiger partial charge in [-0.2, -0.15) is 4.98 Å². The molecular weight excluding hydrogens is 188 g/mol. The van der Waals surface area contributed by atoms with Crippen molar-refractivity contribution in [2.75, 3.05) is 11.9 Å². The topological polar surface area (TPSA) is 42.2 Å². The molecule has 4 heteroatoms. The molecule has 0 amide bonds. The maximum absolute atomic E-state index is 5.16. The van der Waals surface area contributed by atoms with E-state index in [-0.39, 0.29) is 0 Å². The molecule has 4 nitrogen and oxygen atoms in total. The van der Waals surface area contributed by atoms with Gasteiger partial charge in [-0.15, -0.1) is 17.4 Å². The number of terminal acetylenes is 1. The van der Waals surface area contributed by atoms with E-state index in [1.807, 2.05) is 25.1 Å². The van der Waals surface area contributed by atoms with Crippen molar-refractivity contribution >= 4 is 11.6 Å². The molecule has 0 radical (unpaired) electrons. The maximum atomic E-state index is 5.16. The summed E-state index contributed by atoms with van der Waals surface area (Å²) in [5, 5.41) is 7.39. The van der Waals surface area contributed by atoms with Gasteiger partial charge in [-0.05, 0) is 19.1 Å². The second kappa shape index (κ2) is 4.01. The van der Waals surface area contributed by atoms with Crippen LogP contribution in [0.2, 0.25) is 0 Å². The van der Waals surface area contributed by atoms with Crippen LogP contribution in [0.5, 0.6) is 0 Å². The molecule has 0 spiro atoms. The molecule has 0 fully saturated rings. The molecule has 2 aromatic rings. The maximum Gasteiger partial charge on any atom is 0.243 e. The zero-order valence-corrected chi connectivity index (χ0v) is 8.57. The van der Waals surface area contributed by atoms with Gasteiger partial charge in [-0.3, -0.25) is 0 Å². The molecule has 76 valence electrons. The van der Waals surface area contributed by atoms with Gasteiger partial charge in [0.15, 0.2) is 5.65 Å². The lowest BCUT2D eigenvalue weighted by Gasteiger charge is -1.95. The van der Waals surface area contributed by atoms with E-state index in [1.165, 1.54) is 0 Å². The molecule has 1 N–H and O–H groups in total. The third-order valence-corrected chi connectivity index (χ3v) is 2.10. The van der Waals surface area contributed by atoms with E-state index in [2.05, 4.69) is 21.3 Å². The Kier molecular flexibility index (Phi) is 2.55. The number of hydrogen-bond acceptors (Lipinski definition) is 3. The second-order valence-corrected chi connectivity index (χ2v) is 3.25. The van der Waals surface area contributed by atoms with Crippen molar-refractivity contribution in [2.24, 2.45) is 0 Å². The summed E-state index contributed by atoms with van der Waals surface area (Å²) in [5.41, 5.74) is 1.91. The van der Waals surface area contributed by atoms with Gasteiger partial charge in [0.2, 0.25) is 5.95 Å². The van der Waals surface area contributed by atoms with E-state index in [9.17, 15) is 0 Å². The highest BCUT2D eigenvalue weighted by molar-refractivity contribution is 5.44. The highest BCUT2D eigenvalue weighted by atomic mass is 15.3. The summed E-state index contributed by atoms with van der Waals surface area (Å²) in [6.07, 6.45) is 5.83. The van der Waals surface area contributed by atoms with Crippen molar-refractivity contribution in [3.8, 4) is 12.3 Å². The van der Waals surface area contributed by atoms with Crippen LogP contribution >= 0.6 is 0 Å². The summed E-state index contributed by atoms with van der Waals surface area (Å²) in [7, 11) is 0. The molecule has 2 heterocycles. The molecule has 0 aliphatic rings. The lowest BCUT2D eigenvalue weighted by molar-refractivity contribution is 0.908. The highest BCUT2D eigenvalue weighted by Gasteiger charge is 2.02. The summed E-state index contributed by atoms with van der Waals surface area (Å²) in [6, 6.07) is 5.88. The van der Waals surface area contributed by atoms with Gasteiger partial charge in [0.1, 0.15) is 0 Å². The SMILES string of the molecule is C#CCCNc1nc2cccc(C)n2n1. The van der Waals surface area contributed by atoms with Crippen LogP contribution in [0, 0.1) is 19.3 Å². The third-order valence-electron chi connectivity index (χ3n) is 2.10. The van der Waals surface area contributed by atoms with E-state index in [1.54, 1.807) is 4.52 Å². The number of fused-ring (bicyclic) bond motifs is 1. The van der Waals surface area contributed by atoms with Crippen LogP contribution in [0.4, 0.5) is 5.95 Å². The molecule has 15 heavy (non-hydrogen) atoms. The van der Waals surface area contributed by atoms with Gasteiger partial charge in [-0.25, -0.2) is 4.52 Å². The summed E-state index contributed by atoms with van der Waals surface area (Å²) in [6.45, 7) is 2.69. The minimum absolute atomic E-state index is 0.625. The van der Waals surface area contributed by atoms with Gasteiger partial charge in [0, 0.05) is 18.7 Å². The first-order valence-electron chi connectivity index (χ1n) is 4.81. The van der Waals surface area contributed by atoms with Crippen LogP contribution < -0.4 is 5.32 Å². The van der Waals surface area contributed by atoms with Crippen LogP contribution in [0.25, 0.3) is 5.65 Å². The average Bonchev–Trinajstić information content (AvgIpc) is 2.63. The van der Waals surface area contributed by atoms with Crippen molar-refractivity contribution in [3.63, 3.8) is 0 Å². The Balaban J connectivity index is 2.24. The second-order valence-electron chi connectivity index (χ2n) is 3.25. The molecule has 2 rings (SSSR count). The zero-order chi connectivity index (χ0) is 10.7. The smallest absolute Gasteiger partial charge is 0.243 e. The van der Waals surface area contributed by atoms with Gasteiger partial charge in [0.25, 0.3) is 0 Å². The van der Waals surface area contributed by atoms with Crippen LogP contribution in [-0.4, -0.2) is 21.1 Å². The predicted molar refractivity (Wildman–Crippen MR) is 59.7 cm³/mol. The molecule has 0 saturated carbocycles. The molecule has 0 bridgehead atoms. The Morgan fingerprint density at radius 2 is 2.40 bits per heavy atom. The summed E-state index contributed by atoms with van der Waals surface area (Å²) < 4.78 is 1.80.